The highest BCUT2D eigenvalue weighted by atomic mass is 32.1. The van der Waals surface area contributed by atoms with Gasteiger partial charge in [-0.1, -0.05) is 6.07 Å². The molecule has 0 amide bonds. The minimum atomic E-state index is -0.222. The summed E-state index contributed by atoms with van der Waals surface area (Å²) in [6.45, 7) is 6.08. The van der Waals surface area contributed by atoms with Crippen molar-refractivity contribution in [3.63, 3.8) is 0 Å². The van der Waals surface area contributed by atoms with Crippen LogP contribution in [0.5, 0.6) is 0 Å². The number of esters is 1. The Kier molecular flexibility index (Phi) is 4.53. The second kappa shape index (κ2) is 6.14. The number of rotatable bonds is 4. The van der Waals surface area contributed by atoms with Crippen molar-refractivity contribution in [1.29, 1.82) is 0 Å². The quantitative estimate of drug-likeness (QED) is 0.766. The van der Waals surface area contributed by atoms with Gasteiger partial charge in [-0.15, -0.1) is 11.3 Å². The van der Waals surface area contributed by atoms with Crippen molar-refractivity contribution in [2.75, 3.05) is 32.8 Å². The highest BCUT2D eigenvalue weighted by Crippen LogP contribution is 2.11. The van der Waals surface area contributed by atoms with Crippen LogP contribution in [0.4, 0.5) is 0 Å². The molecule has 1 aliphatic heterocycles. The molecule has 4 nitrogen and oxygen atoms in total. The Labute approximate surface area is 105 Å². The Hall–Kier alpha value is -0.910. The average Bonchev–Trinajstić information content (AvgIpc) is 2.83. The number of morpholine rings is 1. The zero-order chi connectivity index (χ0) is 12.1. The van der Waals surface area contributed by atoms with Crippen molar-refractivity contribution in [1.82, 2.24) is 4.90 Å². The topological polar surface area (TPSA) is 38.8 Å². The molecular weight excluding hydrogens is 238 g/mol. The number of hydrogen-bond acceptors (Lipinski definition) is 5. The van der Waals surface area contributed by atoms with Crippen LogP contribution in [0.1, 0.15) is 16.6 Å². The Morgan fingerprint density at radius 3 is 3.00 bits per heavy atom. The zero-order valence-electron chi connectivity index (χ0n) is 9.93. The molecule has 94 valence electrons. The SMILES string of the molecule is C[C@@H](CN1CCOCC1)OC(=O)c1cccs1. The molecule has 1 atom stereocenters. The minimum Gasteiger partial charge on any atom is -0.457 e. The van der Waals surface area contributed by atoms with E-state index in [2.05, 4.69) is 4.90 Å². The van der Waals surface area contributed by atoms with E-state index in [-0.39, 0.29) is 12.1 Å². The van der Waals surface area contributed by atoms with E-state index in [1.165, 1.54) is 11.3 Å². The molecule has 0 unspecified atom stereocenters. The first-order valence-electron chi connectivity index (χ1n) is 5.80. The monoisotopic (exact) mass is 255 g/mol. The summed E-state index contributed by atoms with van der Waals surface area (Å²) < 4.78 is 10.7. The summed E-state index contributed by atoms with van der Waals surface area (Å²) in [5.41, 5.74) is 0. The fourth-order valence-electron chi connectivity index (χ4n) is 1.82. The molecule has 1 aliphatic rings. The molecule has 0 saturated carbocycles. The van der Waals surface area contributed by atoms with Gasteiger partial charge in [-0.3, -0.25) is 4.90 Å². The average molecular weight is 255 g/mol. The lowest BCUT2D eigenvalue weighted by Crippen LogP contribution is -2.41. The van der Waals surface area contributed by atoms with Crippen molar-refractivity contribution < 1.29 is 14.3 Å². The van der Waals surface area contributed by atoms with Crippen LogP contribution in [0.25, 0.3) is 0 Å². The maximum Gasteiger partial charge on any atom is 0.348 e. The van der Waals surface area contributed by atoms with Crippen molar-refractivity contribution >= 4 is 17.3 Å². The largest absolute Gasteiger partial charge is 0.457 e. The van der Waals surface area contributed by atoms with E-state index in [0.29, 0.717) is 4.88 Å². The van der Waals surface area contributed by atoms with Crippen LogP contribution in [0.15, 0.2) is 17.5 Å². The predicted octanol–water partition coefficient (Wildman–Crippen LogP) is 1.63. The van der Waals surface area contributed by atoms with E-state index in [1.807, 2.05) is 18.4 Å². The molecule has 2 heterocycles. The summed E-state index contributed by atoms with van der Waals surface area (Å²) in [5, 5.41) is 1.88. The number of carbonyl (C=O) groups excluding carboxylic acids is 1. The van der Waals surface area contributed by atoms with Gasteiger partial charge in [0.05, 0.1) is 13.2 Å². The Bertz CT molecular complexity index is 347. The van der Waals surface area contributed by atoms with Gasteiger partial charge in [-0.25, -0.2) is 4.79 Å². The van der Waals surface area contributed by atoms with Gasteiger partial charge in [0, 0.05) is 19.6 Å². The molecule has 1 aromatic heterocycles. The predicted molar refractivity (Wildman–Crippen MR) is 66.5 cm³/mol. The van der Waals surface area contributed by atoms with Gasteiger partial charge >= 0.3 is 5.97 Å². The molecule has 1 aromatic rings. The van der Waals surface area contributed by atoms with Crippen molar-refractivity contribution in [2.45, 2.75) is 13.0 Å². The summed E-state index contributed by atoms with van der Waals surface area (Å²) in [4.78, 5) is 14.6. The van der Waals surface area contributed by atoms with Crippen LogP contribution >= 0.6 is 11.3 Å². The molecule has 2 rings (SSSR count). The van der Waals surface area contributed by atoms with E-state index in [0.717, 1.165) is 32.8 Å². The van der Waals surface area contributed by atoms with Gasteiger partial charge in [0.25, 0.3) is 0 Å². The third kappa shape index (κ3) is 3.80. The Morgan fingerprint density at radius 2 is 2.35 bits per heavy atom. The van der Waals surface area contributed by atoms with E-state index in [4.69, 9.17) is 9.47 Å². The normalized spacial score (nSPS) is 18.9. The molecule has 0 spiro atoms. The van der Waals surface area contributed by atoms with E-state index < -0.39 is 0 Å². The maximum atomic E-state index is 11.7. The van der Waals surface area contributed by atoms with Crippen LogP contribution < -0.4 is 0 Å². The van der Waals surface area contributed by atoms with Crippen molar-refractivity contribution in [3.05, 3.63) is 22.4 Å². The summed E-state index contributed by atoms with van der Waals surface area (Å²) in [6, 6.07) is 3.64. The summed E-state index contributed by atoms with van der Waals surface area (Å²) in [6.07, 6.45) is -0.0808. The highest BCUT2D eigenvalue weighted by Gasteiger charge is 2.17. The third-order valence-corrected chi connectivity index (χ3v) is 3.50. The smallest absolute Gasteiger partial charge is 0.348 e. The lowest BCUT2D eigenvalue weighted by molar-refractivity contribution is 0.000728. The van der Waals surface area contributed by atoms with Crippen LogP contribution in [0, 0.1) is 0 Å². The third-order valence-electron chi connectivity index (χ3n) is 2.65. The standard InChI is InChI=1S/C12H17NO3S/c1-10(9-13-4-6-15-7-5-13)16-12(14)11-3-2-8-17-11/h2-3,8,10H,4-7,9H2,1H3/t10-/m0/s1. The van der Waals surface area contributed by atoms with Crippen LogP contribution in [0.3, 0.4) is 0 Å². The molecule has 0 radical (unpaired) electrons. The van der Waals surface area contributed by atoms with Gasteiger partial charge in [-0.05, 0) is 18.4 Å². The fraction of sp³-hybridized carbons (Fsp3) is 0.583. The molecule has 1 fully saturated rings. The second-order valence-corrected chi connectivity index (χ2v) is 5.05. The number of ether oxygens (including phenoxy) is 2. The second-order valence-electron chi connectivity index (χ2n) is 4.11. The highest BCUT2D eigenvalue weighted by molar-refractivity contribution is 7.11. The number of carbonyl (C=O) groups is 1. The van der Waals surface area contributed by atoms with Crippen molar-refractivity contribution in [2.24, 2.45) is 0 Å². The van der Waals surface area contributed by atoms with Gasteiger partial charge < -0.3 is 9.47 Å². The first-order valence-corrected chi connectivity index (χ1v) is 6.68. The van der Waals surface area contributed by atoms with Gasteiger partial charge in [0.1, 0.15) is 11.0 Å². The minimum absolute atomic E-state index is 0.0808. The molecule has 0 aromatic carbocycles. The summed E-state index contributed by atoms with van der Waals surface area (Å²) in [5.74, 6) is -0.222. The zero-order valence-corrected chi connectivity index (χ0v) is 10.7. The van der Waals surface area contributed by atoms with E-state index in [9.17, 15) is 4.79 Å². The molecule has 1 saturated heterocycles. The summed E-state index contributed by atoms with van der Waals surface area (Å²) >= 11 is 1.41. The molecule has 17 heavy (non-hydrogen) atoms. The number of nitrogens with zero attached hydrogens (tertiary/aromatic N) is 1. The number of thiophene rings is 1. The lowest BCUT2D eigenvalue weighted by Gasteiger charge is -2.28. The Morgan fingerprint density at radius 1 is 1.59 bits per heavy atom. The number of hydrogen-bond donors (Lipinski definition) is 0. The van der Waals surface area contributed by atoms with Crippen LogP contribution in [-0.4, -0.2) is 49.8 Å². The Balaban J connectivity index is 1.76. The molecule has 0 bridgehead atoms. The van der Waals surface area contributed by atoms with Gasteiger partial charge in [-0.2, -0.15) is 0 Å². The first-order chi connectivity index (χ1) is 8.25. The van der Waals surface area contributed by atoms with Gasteiger partial charge in [0.15, 0.2) is 0 Å². The summed E-state index contributed by atoms with van der Waals surface area (Å²) in [7, 11) is 0. The first kappa shape index (κ1) is 12.5. The molecule has 0 N–H and O–H groups in total. The fourth-order valence-corrected chi connectivity index (χ4v) is 2.43. The van der Waals surface area contributed by atoms with E-state index >= 15 is 0 Å². The maximum absolute atomic E-state index is 11.7. The molecular formula is C12H17NO3S. The van der Waals surface area contributed by atoms with Crippen LogP contribution in [0.2, 0.25) is 0 Å². The lowest BCUT2D eigenvalue weighted by atomic mass is 10.3. The van der Waals surface area contributed by atoms with Crippen LogP contribution in [-0.2, 0) is 9.47 Å². The van der Waals surface area contributed by atoms with Gasteiger partial charge in [0.2, 0.25) is 0 Å². The van der Waals surface area contributed by atoms with E-state index in [1.54, 1.807) is 6.07 Å². The van der Waals surface area contributed by atoms with Crippen molar-refractivity contribution in [3.8, 4) is 0 Å². The molecule has 0 aliphatic carbocycles. The molecule has 5 heteroatoms.